The van der Waals surface area contributed by atoms with Crippen molar-refractivity contribution in [3.8, 4) is 6.07 Å². The first-order chi connectivity index (χ1) is 6.15. The number of hydrogen-bond donors (Lipinski definition) is 0. The van der Waals surface area contributed by atoms with Crippen LogP contribution in [0.3, 0.4) is 0 Å². The second-order valence-electron chi connectivity index (χ2n) is 3.04. The van der Waals surface area contributed by atoms with Gasteiger partial charge in [-0.15, -0.1) is 0 Å². The molecule has 0 amide bonds. The summed E-state index contributed by atoms with van der Waals surface area (Å²) in [5, 5.41) is 8.47. The van der Waals surface area contributed by atoms with E-state index >= 15 is 0 Å². The van der Waals surface area contributed by atoms with Crippen LogP contribution in [-0.2, 0) is 6.42 Å². The lowest BCUT2D eigenvalue weighted by atomic mass is 10.0. The fraction of sp³-hybridized carbons (Fsp3) is 0.273. The monoisotopic (exact) mass is 173 g/mol. The third kappa shape index (κ3) is 2.16. The number of nitriles is 1. The zero-order chi connectivity index (χ0) is 9.84. The minimum atomic E-state index is 0.0704. The van der Waals surface area contributed by atoms with Crippen LogP contribution < -0.4 is 0 Å². The van der Waals surface area contributed by atoms with Crippen molar-refractivity contribution < 1.29 is 4.79 Å². The SMILES string of the molecule is CC(=O)c1ccc(CC#N)cc1C. The molecule has 0 saturated carbocycles. The third-order valence-corrected chi connectivity index (χ3v) is 1.95. The first-order valence-corrected chi connectivity index (χ1v) is 4.12. The number of benzene rings is 1. The van der Waals surface area contributed by atoms with Crippen LogP contribution in [0.2, 0.25) is 0 Å². The predicted molar refractivity (Wildman–Crippen MR) is 50.5 cm³/mol. The van der Waals surface area contributed by atoms with Crippen LogP contribution in [0.4, 0.5) is 0 Å². The van der Waals surface area contributed by atoms with E-state index in [-0.39, 0.29) is 5.78 Å². The quantitative estimate of drug-likeness (QED) is 0.643. The highest BCUT2D eigenvalue weighted by atomic mass is 16.1. The number of carbonyl (C=O) groups excluding carboxylic acids is 1. The van der Waals surface area contributed by atoms with Gasteiger partial charge < -0.3 is 0 Å². The Morgan fingerprint density at radius 2 is 2.23 bits per heavy atom. The van der Waals surface area contributed by atoms with E-state index in [2.05, 4.69) is 6.07 Å². The first kappa shape index (κ1) is 9.47. The summed E-state index contributed by atoms with van der Waals surface area (Å²) in [6.07, 6.45) is 0.402. The van der Waals surface area contributed by atoms with E-state index in [0.29, 0.717) is 6.42 Å². The number of hydrogen-bond acceptors (Lipinski definition) is 2. The van der Waals surface area contributed by atoms with Crippen LogP contribution in [0.25, 0.3) is 0 Å². The predicted octanol–water partition coefficient (Wildman–Crippen LogP) is 2.26. The number of nitrogens with zero attached hydrogens (tertiary/aromatic N) is 1. The van der Waals surface area contributed by atoms with Crippen LogP contribution >= 0.6 is 0 Å². The highest BCUT2D eigenvalue weighted by Gasteiger charge is 2.03. The van der Waals surface area contributed by atoms with Crippen molar-refractivity contribution in [3.63, 3.8) is 0 Å². The molecule has 0 saturated heterocycles. The molecule has 0 heterocycles. The van der Waals surface area contributed by atoms with E-state index in [1.165, 1.54) is 0 Å². The lowest BCUT2D eigenvalue weighted by Gasteiger charge is -2.02. The van der Waals surface area contributed by atoms with Crippen molar-refractivity contribution in [1.82, 2.24) is 0 Å². The van der Waals surface area contributed by atoms with Crippen molar-refractivity contribution in [2.24, 2.45) is 0 Å². The second kappa shape index (κ2) is 3.86. The van der Waals surface area contributed by atoms with E-state index in [0.717, 1.165) is 16.7 Å². The van der Waals surface area contributed by atoms with Crippen molar-refractivity contribution in [2.45, 2.75) is 20.3 Å². The van der Waals surface area contributed by atoms with E-state index in [1.54, 1.807) is 13.0 Å². The third-order valence-electron chi connectivity index (χ3n) is 1.95. The normalized spacial score (nSPS) is 9.31. The maximum absolute atomic E-state index is 11.1. The molecule has 0 aromatic heterocycles. The van der Waals surface area contributed by atoms with E-state index in [9.17, 15) is 4.79 Å². The molecule has 1 aromatic carbocycles. The second-order valence-corrected chi connectivity index (χ2v) is 3.04. The van der Waals surface area contributed by atoms with Crippen LogP contribution in [0.5, 0.6) is 0 Å². The average molecular weight is 173 g/mol. The molecule has 0 radical (unpaired) electrons. The molecule has 0 N–H and O–H groups in total. The molecule has 13 heavy (non-hydrogen) atoms. The van der Waals surface area contributed by atoms with Crippen LogP contribution in [0.15, 0.2) is 18.2 Å². The van der Waals surface area contributed by atoms with Gasteiger partial charge in [0.2, 0.25) is 0 Å². The fourth-order valence-corrected chi connectivity index (χ4v) is 1.32. The van der Waals surface area contributed by atoms with Gasteiger partial charge in [0.05, 0.1) is 12.5 Å². The van der Waals surface area contributed by atoms with Crippen molar-refractivity contribution in [3.05, 3.63) is 34.9 Å². The molecule has 1 rings (SSSR count). The highest BCUT2D eigenvalue weighted by molar-refractivity contribution is 5.95. The molecule has 1 aromatic rings. The minimum Gasteiger partial charge on any atom is -0.295 e. The van der Waals surface area contributed by atoms with Gasteiger partial charge in [-0.05, 0) is 25.0 Å². The largest absolute Gasteiger partial charge is 0.295 e. The van der Waals surface area contributed by atoms with Gasteiger partial charge in [0.1, 0.15) is 0 Å². The zero-order valence-corrected chi connectivity index (χ0v) is 7.79. The van der Waals surface area contributed by atoms with Crippen molar-refractivity contribution in [1.29, 1.82) is 5.26 Å². The average Bonchev–Trinajstić information content (AvgIpc) is 2.04. The molecule has 0 spiro atoms. The smallest absolute Gasteiger partial charge is 0.160 e. The Hall–Kier alpha value is -1.62. The Labute approximate surface area is 77.8 Å². The molecule has 0 atom stereocenters. The van der Waals surface area contributed by atoms with Crippen molar-refractivity contribution in [2.75, 3.05) is 0 Å². The zero-order valence-electron chi connectivity index (χ0n) is 7.79. The van der Waals surface area contributed by atoms with Gasteiger partial charge in [0.25, 0.3) is 0 Å². The maximum atomic E-state index is 11.1. The number of carbonyl (C=O) groups is 1. The highest BCUT2D eigenvalue weighted by Crippen LogP contribution is 2.11. The fourth-order valence-electron chi connectivity index (χ4n) is 1.32. The molecule has 0 fully saturated rings. The number of aryl methyl sites for hydroxylation is 1. The number of Topliss-reactive ketones (excluding diaryl/α,β-unsaturated/α-hetero) is 1. The molecule has 0 bridgehead atoms. The van der Waals surface area contributed by atoms with Gasteiger partial charge in [-0.3, -0.25) is 4.79 Å². The van der Waals surface area contributed by atoms with Gasteiger partial charge in [-0.1, -0.05) is 18.2 Å². The lowest BCUT2D eigenvalue weighted by Crippen LogP contribution is -1.96. The molecule has 0 unspecified atom stereocenters. The van der Waals surface area contributed by atoms with E-state index in [4.69, 9.17) is 5.26 Å². The number of ketones is 1. The summed E-state index contributed by atoms with van der Waals surface area (Å²) in [5.41, 5.74) is 2.65. The Kier molecular flexibility index (Phi) is 2.81. The van der Waals surface area contributed by atoms with Gasteiger partial charge in [-0.2, -0.15) is 5.26 Å². The van der Waals surface area contributed by atoms with Crippen LogP contribution in [0.1, 0.15) is 28.4 Å². The summed E-state index contributed by atoms with van der Waals surface area (Å²) in [6, 6.07) is 7.57. The van der Waals surface area contributed by atoms with Crippen LogP contribution in [0, 0.1) is 18.3 Å². The van der Waals surface area contributed by atoms with Crippen molar-refractivity contribution >= 4 is 5.78 Å². The summed E-state index contributed by atoms with van der Waals surface area (Å²) >= 11 is 0. The molecule has 0 aliphatic carbocycles. The topological polar surface area (TPSA) is 40.9 Å². The first-order valence-electron chi connectivity index (χ1n) is 4.12. The Bertz CT molecular complexity index is 374. The minimum absolute atomic E-state index is 0.0704. The summed E-state index contributed by atoms with van der Waals surface area (Å²) < 4.78 is 0. The van der Waals surface area contributed by atoms with Gasteiger partial charge in [0.15, 0.2) is 5.78 Å². The summed E-state index contributed by atoms with van der Waals surface area (Å²) in [6.45, 7) is 3.43. The molecular formula is C11H11NO. The molecule has 0 aliphatic heterocycles. The molecule has 0 aliphatic rings. The molecule has 66 valence electrons. The Balaban J connectivity index is 3.07. The Morgan fingerprint density at radius 1 is 1.54 bits per heavy atom. The standard InChI is InChI=1S/C11H11NO/c1-8-7-10(5-6-12)3-4-11(8)9(2)13/h3-4,7H,5H2,1-2H3. The van der Waals surface area contributed by atoms with Gasteiger partial charge in [-0.25, -0.2) is 0 Å². The summed E-state index contributed by atoms with van der Waals surface area (Å²) in [5.74, 6) is 0.0704. The lowest BCUT2D eigenvalue weighted by molar-refractivity contribution is 0.101. The van der Waals surface area contributed by atoms with Crippen LogP contribution in [-0.4, -0.2) is 5.78 Å². The molecular weight excluding hydrogens is 162 g/mol. The van der Waals surface area contributed by atoms with E-state index < -0.39 is 0 Å². The molecule has 2 heteroatoms. The summed E-state index contributed by atoms with van der Waals surface area (Å²) in [4.78, 5) is 11.1. The molecule has 2 nitrogen and oxygen atoms in total. The van der Waals surface area contributed by atoms with Gasteiger partial charge in [0, 0.05) is 5.56 Å². The summed E-state index contributed by atoms with van der Waals surface area (Å²) in [7, 11) is 0. The maximum Gasteiger partial charge on any atom is 0.160 e. The van der Waals surface area contributed by atoms with Gasteiger partial charge >= 0.3 is 0 Å². The Morgan fingerprint density at radius 3 is 2.69 bits per heavy atom. The van der Waals surface area contributed by atoms with E-state index in [1.807, 2.05) is 19.1 Å². The number of rotatable bonds is 2.